The van der Waals surface area contributed by atoms with Crippen molar-refractivity contribution in [1.82, 2.24) is 9.78 Å². The fourth-order valence-corrected chi connectivity index (χ4v) is 1.77. The molecular formula is C15H17N3O. The number of rotatable bonds is 3. The topological polar surface area (TPSA) is 61.8 Å². The van der Waals surface area contributed by atoms with Crippen molar-refractivity contribution in [1.29, 1.82) is 5.26 Å². The molecule has 0 aliphatic carbocycles. The molecule has 0 amide bonds. The monoisotopic (exact) mass is 255 g/mol. The zero-order valence-electron chi connectivity index (χ0n) is 11.4. The van der Waals surface area contributed by atoms with Crippen LogP contribution in [0.3, 0.4) is 0 Å². The van der Waals surface area contributed by atoms with Gasteiger partial charge in [0.15, 0.2) is 0 Å². The minimum Gasteiger partial charge on any atom is -0.507 e. The summed E-state index contributed by atoms with van der Waals surface area (Å²) in [5.41, 5.74) is 2.07. The molecule has 2 rings (SSSR count). The van der Waals surface area contributed by atoms with Crippen LogP contribution in [0.15, 0.2) is 30.5 Å². The van der Waals surface area contributed by atoms with Gasteiger partial charge in [-0.1, -0.05) is 20.8 Å². The molecule has 0 bridgehead atoms. The molecule has 1 aromatic carbocycles. The van der Waals surface area contributed by atoms with Crippen LogP contribution in [0.1, 0.15) is 38.4 Å². The molecule has 19 heavy (non-hydrogen) atoms. The first-order chi connectivity index (χ1) is 8.97. The van der Waals surface area contributed by atoms with Crippen LogP contribution >= 0.6 is 0 Å². The maximum Gasteiger partial charge on any atom is 0.133 e. The molecule has 0 fully saturated rings. The molecule has 0 saturated carbocycles. The lowest BCUT2D eigenvalue weighted by Gasteiger charge is -2.19. The van der Waals surface area contributed by atoms with Crippen LogP contribution in [0.4, 0.5) is 0 Å². The van der Waals surface area contributed by atoms with Crippen molar-refractivity contribution in [2.45, 2.75) is 32.6 Å². The van der Waals surface area contributed by atoms with E-state index in [1.807, 2.05) is 18.3 Å². The number of phenolic OH excluding ortho intramolecular Hbond substituents is 1. The molecule has 0 aliphatic rings. The van der Waals surface area contributed by atoms with Crippen LogP contribution in [-0.4, -0.2) is 14.9 Å². The van der Waals surface area contributed by atoms with Crippen molar-refractivity contribution in [2.24, 2.45) is 0 Å². The second kappa shape index (κ2) is 4.77. The lowest BCUT2D eigenvalue weighted by molar-refractivity contribution is 0.473. The molecular weight excluding hydrogens is 238 g/mol. The zero-order valence-corrected chi connectivity index (χ0v) is 11.4. The number of hydrogen-bond acceptors (Lipinski definition) is 3. The van der Waals surface area contributed by atoms with Crippen LogP contribution in [-0.2, 0) is 5.41 Å². The molecule has 0 unspecified atom stereocenters. The number of hydrogen-bond donors (Lipinski definition) is 1. The van der Waals surface area contributed by atoms with E-state index in [1.54, 1.807) is 16.8 Å². The summed E-state index contributed by atoms with van der Waals surface area (Å²) in [4.78, 5) is 0. The number of aromatic hydroxyl groups is 1. The summed E-state index contributed by atoms with van der Waals surface area (Å²) in [6.07, 6.45) is 2.88. The standard InChI is InChI=1S/C15H17N3O/c1-4-15(2,3)14-7-8-18(17-14)12-5-6-13(19)11(9-12)10-16/h5-9,19H,4H2,1-3H3. The highest BCUT2D eigenvalue weighted by molar-refractivity contribution is 5.49. The Morgan fingerprint density at radius 1 is 1.37 bits per heavy atom. The first-order valence-electron chi connectivity index (χ1n) is 6.27. The first kappa shape index (κ1) is 13.2. The minimum absolute atomic E-state index is 0.00693. The number of phenols is 1. The van der Waals surface area contributed by atoms with Crippen molar-refractivity contribution >= 4 is 0 Å². The largest absolute Gasteiger partial charge is 0.507 e. The predicted octanol–water partition coefficient (Wildman–Crippen LogP) is 3.14. The van der Waals surface area contributed by atoms with Gasteiger partial charge in [0.05, 0.1) is 16.9 Å². The summed E-state index contributed by atoms with van der Waals surface area (Å²) in [7, 11) is 0. The van der Waals surface area contributed by atoms with E-state index in [1.165, 1.54) is 6.07 Å². The van der Waals surface area contributed by atoms with Gasteiger partial charge in [-0.2, -0.15) is 10.4 Å². The Kier molecular flexibility index (Phi) is 3.30. The average Bonchev–Trinajstić information content (AvgIpc) is 2.89. The molecule has 1 heterocycles. The summed E-state index contributed by atoms with van der Waals surface area (Å²) in [5.74, 6) is -0.00693. The molecule has 0 atom stereocenters. The molecule has 0 aliphatic heterocycles. The molecule has 0 radical (unpaired) electrons. The van der Waals surface area contributed by atoms with Gasteiger partial charge in [0.2, 0.25) is 0 Å². The van der Waals surface area contributed by atoms with E-state index in [2.05, 4.69) is 25.9 Å². The first-order valence-corrected chi connectivity index (χ1v) is 6.27. The normalized spacial score (nSPS) is 11.3. The van der Waals surface area contributed by atoms with Gasteiger partial charge in [-0.3, -0.25) is 0 Å². The van der Waals surface area contributed by atoms with E-state index < -0.39 is 0 Å². The molecule has 98 valence electrons. The Bertz CT molecular complexity index is 635. The minimum atomic E-state index is -0.00693. The molecule has 4 heteroatoms. The van der Waals surface area contributed by atoms with Gasteiger partial charge >= 0.3 is 0 Å². The van der Waals surface area contributed by atoms with E-state index in [-0.39, 0.29) is 16.7 Å². The Morgan fingerprint density at radius 3 is 2.74 bits per heavy atom. The van der Waals surface area contributed by atoms with Crippen LogP contribution in [0.5, 0.6) is 5.75 Å². The summed E-state index contributed by atoms with van der Waals surface area (Å²) in [5, 5.41) is 23.0. The van der Waals surface area contributed by atoms with Gasteiger partial charge in [0, 0.05) is 11.6 Å². The number of nitriles is 1. The van der Waals surface area contributed by atoms with E-state index in [0.29, 0.717) is 0 Å². The molecule has 1 aromatic heterocycles. The highest BCUT2D eigenvalue weighted by atomic mass is 16.3. The quantitative estimate of drug-likeness (QED) is 0.916. The van der Waals surface area contributed by atoms with E-state index in [9.17, 15) is 5.11 Å². The van der Waals surface area contributed by atoms with Gasteiger partial charge in [0.25, 0.3) is 0 Å². The second-order valence-corrected chi connectivity index (χ2v) is 5.20. The molecule has 1 N–H and O–H groups in total. The second-order valence-electron chi connectivity index (χ2n) is 5.20. The number of benzene rings is 1. The fourth-order valence-electron chi connectivity index (χ4n) is 1.77. The molecule has 4 nitrogen and oxygen atoms in total. The van der Waals surface area contributed by atoms with Gasteiger partial charge in [0.1, 0.15) is 11.8 Å². The lowest BCUT2D eigenvalue weighted by Crippen LogP contribution is -2.16. The van der Waals surface area contributed by atoms with Crippen LogP contribution in [0.25, 0.3) is 5.69 Å². The van der Waals surface area contributed by atoms with Crippen LogP contribution in [0, 0.1) is 11.3 Å². The summed E-state index contributed by atoms with van der Waals surface area (Å²) in [6, 6.07) is 8.84. The lowest BCUT2D eigenvalue weighted by atomic mass is 9.87. The Morgan fingerprint density at radius 2 is 2.11 bits per heavy atom. The van der Waals surface area contributed by atoms with Crippen molar-refractivity contribution in [3.05, 3.63) is 41.7 Å². The summed E-state index contributed by atoms with van der Waals surface area (Å²) in [6.45, 7) is 6.43. The third-order valence-electron chi connectivity index (χ3n) is 3.53. The van der Waals surface area contributed by atoms with Gasteiger partial charge < -0.3 is 5.11 Å². The zero-order chi connectivity index (χ0) is 14.0. The van der Waals surface area contributed by atoms with Crippen molar-refractivity contribution in [3.8, 4) is 17.5 Å². The number of nitrogens with zero attached hydrogens (tertiary/aromatic N) is 3. The summed E-state index contributed by atoms with van der Waals surface area (Å²) < 4.78 is 1.73. The van der Waals surface area contributed by atoms with Crippen molar-refractivity contribution < 1.29 is 5.11 Å². The highest BCUT2D eigenvalue weighted by Crippen LogP contribution is 2.26. The molecule has 0 spiro atoms. The van der Waals surface area contributed by atoms with Gasteiger partial charge in [-0.15, -0.1) is 0 Å². The maximum atomic E-state index is 9.50. The smallest absolute Gasteiger partial charge is 0.133 e. The van der Waals surface area contributed by atoms with Crippen LogP contribution in [0.2, 0.25) is 0 Å². The van der Waals surface area contributed by atoms with Gasteiger partial charge in [-0.05, 0) is 30.7 Å². The van der Waals surface area contributed by atoms with E-state index in [4.69, 9.17) is 5.26 Å². The van der Waals surface area contributed by atoms with Crippen molar-refractivity contribution in [2.75, 3.05) is 0 Å². The van der Waals surface area contributed by atoms with E-state index >= 15 is 0 Å². The van der Waals surface area contributed by atoms with Crippen molar-refractivity contribution in [3.63, 3.8) is 0 Å². The Hall–Kier alpha value is -2.28. The molecule has 2 aromatic rings. The highest BCUT2D eigenvalue weighted by Gasteiger charge is 2.21. The predicted molar refractivity (Wildman–Crippen MR) is 73.3 cm³/mol. The van der Waals surface area contributed by atoms with Gasteiger partial charge in [-0.25, -0.2) is 4.68 Å². The SMILES string of the molecule is CCC(C)(C)c1ccn(-c2ccc(O)c(C#N)c2)n1. The Labute approximate surface area is 112 Å². The van der Waals surface area contributed by atoms with E-state index in [0.717, 1.165) is 17.8 Å². The summed E-state index contributed by atoms with van der Waals surface area (Å²) >= 11 is 0. The number of aromatic nitrogens is 2. The fraction of sp³-hybridized carbons (Fsp3) is 0.333. The average molecular weight is 255 g/mol. The maximum absolute atomic E-state index is 9.50. The third kappa shape index (κ3) is 2.45. The third-order valence-corrected chi connectivity index (χ3v) is 3.53. The van der Waals surface area contributed by atoms with Crippen LogP contribution < -0.4 is 0 Å². The Balaban J connectivity index is 2.42. The molecule has 0 saturated heterocycles.